The fourth-order valence-electron chi connectivity index (χ4n) is 3.72. The first-order valence-electron chi connectivity index (χ1n) is 10.9. The van der Waals surface area contributed by atoms with Crippen molar-refractivity contribution < 1.29 is 22.7 Å². The van der Waals surface area contributed by atoms with Gasteiger partial charge in [-0.25, -0.2) is 8.42 Å². The van der Waals surface area contributed by atoms with Gasteiger partial charge in [-0.3, -0.25) is 4.79 Å². The van der Waals surface area contributed by atoms with Crippen molar-refractivity contribution in [2.75, 3.05) is 40.5 Å². The Morgan fingerprint density at radius 3 is 2.31 bits per heavy atom. The number of methoxy groups -OCH3 is 2. The van der Waals surface area contributed by atoms with E-state index in [2.05, 4.69) is 17.0 Å². The van der Waals surface area contributed by atoms with Crippen molar-refractivity contribution in [2.45, 2.75) is 25.3 Å². The lowest BCUT2D eigenvalue weighted by Crippen LogP contribution is -2.36. The monoisotopic (exact) mass is 515 g/mol. The Hall–Kier alpha value is -2.81. The minimum Gasteiger partial charge on any atom is -0.383 e. The Morgan fingerprint density at radius 1 is 1.11 bits per heavy atom. The van der Waals surface area contributed by atoms with Crippen LogP contribution in [0.25, 0.3) is 10.2 Å². The molecule has 0 spiro atoms. The molecule has 186 valence electrons. The minimum absolute atomic E-state index is 0.0802. The van der Waals surface area contributed by atoms with Crippen LogP contribution in [0.4, 0.5) is 0 Å². The number of ether oxygens (including phenoxy) is 2. The van der Waals surface area contributed by atoms with Crippen LogP contribution in [0.1, 0.15) is 21.5 Å². The maximum absolute atomic E-state index is 13.1. The molecule has 3 rings (SSSR count). The number of amides is 1. The number of terminal acetylenes is 1. The highest BCUT2D eigenvalue weighted by Crippen LogP contribution is 2.23. The number of thiazole rings is 1. The summed E-state index contributed by atoms with van der Waals surface area (Å²) in [5, 5.41) is 0. The zero-order valence-corrected chi connectivity index (χ0v) is 21.9. The van der Waals surface area contributed by atoms with Gasteiger partial charge < -0.3 is 14.0 Å². The predicted octanol–water partition coefficient (Wildman–Crippen LogP) is 2.98. The van der Waals surface area contributed by atoms with E-state index in [1.54, 1.807) is 0 Å². The summed E-state index contributed by atoms with van der Waals surface area (Å²) in [6.45, 7) is 5.19. The Balaban J connectivity index is 1.95. The summed E-state index contributed by atoms with van der Waals surface area (Å²) < 4.78 is 40.4. The average Bonchev–Trinajstić information content (AvgIpc) is 3.16. The largest absolute Gasteiger partial charge is 0.383 e. The third-order valence-electron chi connectivity index (χ3n) is 5.39. The van der Waals surface area contributed by atoms with Gasteiger partial charge in [-0.2, -0.15) is 9.30 Å². The van der Waals surface area contributed by atoms with Crippen molar-refractivity contribution in [1.29, 1.82) is 0 Å². The van der Waals surface area contributed by atoms with Crippen LogP contribution in [-0.4, -0.2) is 63.7 Å². The van der Waals surface area contributed by atoms with Crippen molar-refractivity contribution in [3.8, 4) is 12.3 Å². The molecule has 3 aromatic rings. The van der Waals surface area contributed by atoms with Crippen molar-refractivity contribution >= 4 is 37.5 Å². The number of hydrogen-bond donors (Lipinski definition) is 0. The second kappa shape index (κ2) is 11.7. The number of carbonyl (C=O) groups excluding carboxylic acids is 1. The Morgan fingerprint density at radius 2 is 1.74 bits per heavy atom. The zero-order valence-electron chi connectivity index (χ0n) is 20.3. The number of rotatable bonds is 10. The number of aromatic nitrogens is 1. The van der Waals surface area contributed by atoms with Gasteiger partial charge >= 0.3 is 0 Å². The SMILES string of the molecule is C#CCn1c(=NC(=O)c2ccc(S(=O)(=O)N(CCOC)CCOC)cc2)sc2cc(C)cc(C)c21. The van der Waals surface area contributed by atoms with Gasteiger partial charge in [0.15, 0.2) is 4.80 Å². The fourth-order valence-corrected chi connectivity index (χ4v) is 6.34. The third-order valence-corrected chi connectivity index (χ3v) is 8.33. The van der Waals surface area contributed by atoms with Crippen molar-refractivity contribution in [3.05, 3.63) is 57.9 Å². The molecule has 1 heterocycles. The zero-order chi connectivity index (χ0) is 25.6. The van der Waals surface area contributed by atoms with E-state index >= 15 is 0 Å². The number of fused-ring (bicyclic) bond motifs is 1. The van der Waals surface area contributed by atoms with Crippen LogP contribution in [0.2, 0.25) is 0 Å². The first-order valence-corrected chi connectivity index (χ1v) is 13.2. The van der Waals surface area contributed by atoms with E-state index in [0.29, 0.717) is 4.80 Å². The highest BCUT2D eigenvalue weighted by Gasteiger charge is 2.24. The van der Waals surface area contributed by atoms with Crippen molar-refractivity contribution in [1.82, 2.24) is 8.87 Å². The lowest BCUT2D eigenvalue weighted by molar-refractivity contribution is 0.0997. The molecule has 1 amide bonds. The highest BCUT2D eigenvalue weighted by atomic mass is 32.2. The summed E-state index contributed by atoms with van der Waals surface area (Å²) in [6, 6.07) is 9.88. The number of carbonyl (C=O) groups is 1. The van der Waals surface area contributed by atoms with E-state index < -0.39 is 15.9 Å². The number of aryl methyl sites for hydroxylation is 2. The molecule has 0 N–H and O–H groups in total. The minimum atomic E-state index is -3.78. The number of sulfonamides is 1. The second-order valence-electron chi connectivity index (χ2n) is 7.93. The summed E-state index contributed by atoms with van der Waals surface area (Å²) in [7, 11) is -0.757. The van der Waals surface area contributed by atoms with Crippen LogP contribution >= 0.6 is 11.3 Å². The smallest absolute Gasteiger partial charge is 0.279 e. The first kappa shape index (κ1) is 26.8. The first-order chi connectivity index (χ1) is 16.7. The summed E-state index contributed by atoms with van der Waals surface area (Å²) in [4.78, 5) is 17.9. The molecule has 1 aromatic heterocycles. The van der Waals surface area contributed by atoms with E-state index in [9.17, 15) is 13.2 Å². The molecule has 0 aliphatic rings. The Kier molecular flexibility index (Phi) is 8.99. The van der Waals surface area contributed by atoms with Crippen LogP contribution in [0.15, 0.2) is 46.3 Å². The van der Waals surface area contributed by atoms with E-state index in [4.69, 9.17) is 15.9 Å². The molecular weight excluding hydrogens is 486 g/mol. The van der Waals surface area contributed by atoms with Crippen LogP contribution in [0.5, 0.6) is 0 Å². The predicted molar refractivity (Wildman–Crippen MR) is 137 cm³/mol. The average molecular weight is 516 g/mol. The maximum atomic E-state index is 13.1. The molecule has 0 saturated heterocycles. The number of hydrogen-bond acceptors (Lipinski definition) is 6. The van der Waals surface area contributed by atoms with Gasteiger partial charge in [0.2, 0.25) is 10.0 Å². The Bertz CT molecular complexity index is 1410. The van der Waals surface area contributed by atoms with Gasteiger partial charge in [-0.15, -0.1) is 6.42 Å². The molecule has 0 fully saturated rings. The van der Waals surface area contributed by atoms with Gasteiger partial charge in [-0.05, 0) is 55.3 Å². The van der Waals surface area contributed by atoms with Crippen LogP contribution in [-0.2, 0) is 26.0 Å². The highest BCUT2D eigenvalue weighted by molar-refractivity contribution is 7.89. The normalized spacial score (nSPS) is 12.4. The van der Waals surface area contributed by atoms with Crippen molar-refractivity contribution in [2.24, 2.45) is 4.99 Å². The van der Waals surface area contributed by atoms with Crippen LogP contribution in [0.3, 0.4) is 0 Å². The molecule has 0 saturated carbocycles. The molecular formula is C25H29N3O5S2. The molecule has 0 unspecified atom stereocenters. The summed E-state index contributed by atoms with van der Waals surface area (Å²) in [6.07, 6.45) is 5.57. The van der Waals surface area contributed by atoms with E-state index in [-0.39, 0.29) is 43.3 Å². The lowest BCUT2D eigenvalue weighted by Gasteiger charge is -2.21. The summed E-state index contributed by atoms with van der Waals surface area (Å²) in [5.41, 5.74) is 3.41. The molecule has 0 radical (unpaired) electrons. The molecule has 35 heavy (non-hydrogen) atoms. The lowest BCUT2D eigenvalue weighted by atomic mass is 10.1. The van der Waals surface area contributed by atoms with Crippen molar-refractivity contribution in [3.63, 3.8) is 0 Å². The van der Waals surface area contributed by atoms with Gasteiger partial charge in [-0.1, -0.05) is 23.3 Å². The summed E-state index contributed by atoms with van der Waals surface area (Å²) >= 11 is 1.40. The number of benzene rings is 2. The van der Waals surface area contributed by atoms with Crippen LogP contribution < -0.4 is 4.80 Å². The Labute approximate surface area is 209 Å². The molecule has 10 heteroatoms. The molecule has 0 bridgehead atoms. The van der Waals surface area contributed by atoms with Crippen LogP contribution in [0, 0.1) is 26.2 Å². The van der Waals surface area contributed by atoms with E-state index in [0.717, 1.165) is 21.3 Å². The van der Waals surface area contributed by atoms with Gasteiger partial charge in [0.25, 0.3) is 5.91 Å². The van der Waals surface area contributed by atoms with Gasteiger partial charge in [0, 0.05) is 32.9 Å². The molecule has 8 nitrogen and oxygen atoms in total. The van der Waals surface area contributed by atoms with E-state index in [1.165, 1.54) is 54.1 Å². The van der Waals surface area contributed by atoms with E-state index in [1.807, 2.05) is 24.5 Å². The standard InChI is InChI=1S/C25H29N3O5S2/c1-6-11-28-23-19(3)16-18(2)17-22(23)34-25(28)26-24(29)20-7-9-21(10-8-20)35(30,31)27(12-14-32-4)13-15-33-5/h1,7-10,16-17H,11-15H2,2-5H3. The molecule has 0 aliphatic carbocycles. The fraction of sp³-hybridized carbons (Fsp3) is 0.360. The molecule has 0 aliphatic heterocycles. The van der Waals surface area contributed by atoms with Gasteiger partial charge in [0.05, 0.1) is 34.9 Å². The second-order valence-corrected chi connectivity index (χ2v) is 10.9. The molecule has 0 atom stereocenters. The quantitative estimate of drug-likeness (QED) is 0.387. The van der Waals surface area contributed by atoms with Gasteiger partial charge in [0.1, 0.15) is 0 Å². The summed E-state index contributed by atoms with van der Waals surface area (Å²) in [5.74, 6) is 2.15. The number of nitrogens with zero attached hydrogens (tertiary/aromatic N) is 3. The maximum Gasteiger partial charge on any atom is 0.279 e. The third kappa shape index (κ3) is 6.07. The topological polar surface area (TPSA) is 90.2 Å². The molecule has 2 aromatic carbocycles.